The third-order valence-electron chi connectivity index (χ3n) is 2.59. The summed E-state index contributed by atoms with van der Waals surface area (Å²) in [4.78, 5) is 13.1. The molecule has 3 heteroatoms. The Kier molecular flexibility index (Phi) is 5.13. The maximum absolute atomic E-state index is 11.0. The van der Waals surface area contributed by atoms with E-state index in [-0.39, 0.29) is 0 Å². The topological polar surface area (TPSA) is 40.5 Å². The average Bonchev–Trinajstić information content (AvgIpc) is 2.01. The van der Waals surface area contributed by atoms with Gasteiger partial charge in [-0.15, -0.1) is 0 Å². The SMILES string of the molecule is CCC(C)(CN(C)CC(C)C)C(=O)O. The first-order valence-corrected chi connectivity index (χ1v) is 5.23. The van der Waals surface area contributed by atoms with Crippen molar-refractivity contribution in [2.75, 3.05) is 20.1 Å². The lowest BCUT2D eigenvalue weighted by Gasteiger charge is -2.29. The number of aliphatic carboxylic acids is 1. The second-order valence-corrected chi connectivity index (χ2v) is 4.81. The molecule has 0 aromatic carbocycles. The second-order valence-electron chi connectivity index (χ2n) is 4.81. The van der Waals surface area contributed by atoms with Crippen LogP contribution in [0, 0.1) is 11.3 Å². The van der Waals surface area contributed by atoms with Crippen LogP contribution in [0.15, 0.2) is 0 Å². The van der Waals surface area contributed by atoms with Crippen LogP contribution < -0.4 is 0 Å². The molecule has 0 aromatic rings. The molecule has 0 spiro atoms. The molecule has 0 aliphatic rings. The van der Waals surface area contributed by atoms with Crippen molar-refractivity contribution in [2.24, 2.45) is 11.3 Å². The molecule has 1 atom stereocenters. The normalized spacial score (nSPS) is 15.9. The molecule has 0 aliphatic heterocycles. The Morgan fingerprint density at radius 2 is 2.00 bits per heavy atom. The van der Waals surface area contributed by atoms with Gasteiger partial charge in [0.25, 0.3) is 0 Å². The summed E-state index contributed by atoms with van der Waals surface area (Å²) in [5.74, 6) is -0.120. The highest BCUT2D eigenvalue weighted by molar-refractivity contribution is 5.74. The van der Waals surface area contributed by atoms with Crippen molar-refractivity contribution >= 4 is 5.97 Å². The molecule has 1 unspecified atom stereocenters. The zero-order valence-corrected chi connectivity index (χ0v) is 10.0. The molecule has 3 nitrogen and oxygen atoms in total. The maximum Gasteiger partial charge on any atom is 0.310 e. The molecule has 0 aromatic heterocycles. The molecule has 0 radical (unpaired) electrons. The summed E-state index contributed by atoms with van der Waals surface area (Å²) < 4.78 is 0. The molecule has 0 saturated carbocycles. The van der Waals surface area contributed by atoms with Crippen LogP contribution in [0.3, 0.4) is 0 Å². The maximum atomic E-state index is 11.0. The van der Waals surface area contributed by atoms with E-state index >= 15 is 0 Å². The Morgan fingerprint density at radius 3 is 2.29 bits per heavy atom. The number of nitrogens with zero attached hydrogens (tertiary/aromatic N) is 1. The van der Waals surface area contributed by atoms with Gasteiger partial charge in [0.1, 0.15) is 0 Å². The highest BCUT2D eigenvalue weighted by Gasteiger charge is 2.32. The van der Waals surface area contributed by atoms with Gasteiger partial charge < -0.3 is 10.0 Å². The van der Waals surface area contributed by atoms with Gasteiger partial charge in [0.05, 0.1) is 5.41 Å². The Morgan fingerprint density at radius 1 is 1.50 bits per heavy atom. The molecule has 0 amide bonds. The van der Waals surface area contributed by atoms with E-state index in [0.29, 0.717) is 18.9 Å². The van der Waals surface area contributed by atoms with E-state index in [2.05, 4.69) is 18.7 Å². The minimum atomic E-state index is -0.699. The van der Waals surface area contributed by atoms with Crippen LogP contribution in [0.2, 0.25) is 0 Å². The van der Waals surface area contributed by atoms with Crippen LogP contribution in [-0.4, -0.2) is 36.1 Å². The van der Waals surface area contributed by atoms with E-state index in [1.54, 1.807) is 0 Å². The van der Waals surface area contributed by atoms with Gasteiger partial charge in [-0.2, -0.15) is 0 Å². The first-order chi connectivity index (χ1) is 6.31. The highest BCUT2D eigenvalue weighted by Crippen LogP contribution is 2.22. The molecule has 1 N–H and O–H groups in total. The molecule has 0 saturated heterocycles. The fourth-order valence-electron chi connectivity index (χ4n) is 1.61. The molecular weight excluding hydrogens is 178 g/mol. The van der Waals surface area contributed by atoms with Crippen molar-refractivity contribution in [2.45, 2.75) is 34.1 Å². The van der Waals surface area contributed by atoms with Crippen LogP contribution in [0.5, 0.6) is 0 Å². The van der Waals surface area contributed by atoms with Gasteiger partial charge in [0.15, 0.2) is 0 Å². The summed E-state index contributed by atoms with van der Waals surface area (Å²) in [5, 5.41) is 9.09. The summed E-state index contributed by atoms with van der Waals surface area (Å²) in [6, 6.07) is 0. The minimum Gasteiger partial charge on any atom is -0.481 e. The summed E-state index contributed by atoms with van der Waals surface area (Å²) in [6.07, 6.45) is 0.671. The standard InChI is InChI=1S/C11H23NO2/c1-6-11(4,10(13)14)8-12(5)7-9(2)3/h9H,6-8H2,1-5H3,(H,13,14). The highest BCUT2D eigenvalue weighted by atomic mass is 16.4. The third kappa shape index (κ3) is 4.09. The fourth-order valence-corrected chi connectivity index (χ4v) is 1.61. The molecule has 0 aliphatic carbocycles. The Balaban J connectivity index is 4.24. The monoisotopic (exact) mass is 201 g/mol. The summed E-state index contributed by atoms with van der Waals surface area (Å²) in [5.41, 5.74) is -0.607. The summed E-state index contributed by atoms with van der Waals surface area (Å²) in [7, 11) is 1.98. The van der Waals surface area contributed by atoms with Gasteiger partial charge in [-0.3, -0.25) is 4.79 Å². The number of hydrogen-bond donors (Lipinski definition) is 1. The Bertz CT molecular complexity index is 192. The quantitative estimate of drug-likeness (QED) is 0.715. The van der Waals surface area contributed by atoms with Crippen LogP contribution in [-0.2, 0) is 4.79 Å². The predicted octanol–water partition coefficient (Wildman–Crippen LogP) is 2.08. The smallest absolute Gasteiger partial charge is 0.310 e. The van der Waals surface area contributed by atoms with Crippen molar-refractivity contribution in [1.29, 1.82) is 0 Å². The molecule has 14 heavy (non-hydrogen) atoms. The van der Waals surface area contributed by atoms with Gasteiger partial charge in [0, 0.05) is 13.1 Å². The zero-order chi connectivity index (χ0) is 11.4. The van der Waals surface area contributed by atoms with E-state index in [9.17, 15) is 4.79 Å². The lowest BCUT2D eigenvalue weighted by molar-refractivity contribution is -0.149. The molecule has 0 heterocycles. The minimum absolute atomic E-state index is 0.579. The molecule has 0 rings (SSSR count). The van der Waals surface area contributed by atoms with E-state index in [1.165, 1.54) is 0 Å². The summed E-state index contributed by atoms with van der Waals surface area (Å²) >= 11 is 0. The van der Waals surface area contributed by atoms with Gasteiger partial charge in [-0.05, 0) is 26.3 Å². The number of carboxylic acids is 1. The van der Waals surface area contributed by atoms with Crippen LogP contribution in [0.25, 0.3) is 0 Å². The number of carbonyl (C=O) groups is 1. The largest absolute Gasteiger partial charge is 0.481 e. The fraction of sp³-hybridized carbons (Fsp3) is 0.909. The molecule has 0 bridgehead atoms. The van der Waals surface area contributed by atoms with Gasteiger partial charge in [-0.1, -0.05) is 20.8 Å². The van der Waals surface area contributed by atoms with Crippen LogP contribution >= 0.6 is 0 Å². The predicted molar refractivity (Wildman–Crippen MR) is 58.4 cm³/mol. The van der Waals surface area contributed by atoms with Crippen molar-refractivity contribution in [3.63, 3.8) is 0 Å². The van der Waals surface area contributed by atoms with Crippen molar-refractivity contribution in [3.8, 4) is 0 Å². The average molecular weight is 201 g/mol. The van der Waals surface area contributed by atoms with E-state index in [0.717, 1.165) is 6.54 Å². The van der Waals surface area contributed by atoms with Crippen molar-refractivity contribution in [1.82, 2.24) is 4.90 Å². The number of hydrogen-bond acceptors (Lipinski definition) is 2. The number of carboxylic acid groups (broad SMARTS) is 1. The zero-order valence-electron chi connectivity index (χ0n) is 10.0. The van der Waals surface area contributed by atoms with E-state index in [4.69, 9.17) is 5.11 Å². The first kappa shape index (κ1) is 13.4. The molecular formula is C11H23NO2. The van der Waals surface area contributed by atoms with Gasteiger partial charge in [-0.25, -0.2) is 0 Å². The third-order valence-corrected chi connectivity index (χ3v) is 2.59. The van der Waals surface area contributed by atoms with Crippen LogP contribution in [0.1, 0.15) is 34.1 Å². The first-order valence-electron chi connectivity index (χ1n) is 5.23. The Labute approximate surface area is 87.1 Å². The lowest BCUT2D eigenvalue weighted by Crippen LogP contribution is -2.40. The van der Waals surface area contributed by atoms with Gasteiger partial charge in [0.2, 0.25) is 0 Å². The van der Waals surface area contributed by atoms with Crippen molar-refractivity contribution < 1.29 is 9.90 Å². The van der Waals surface area contributed by atoms with Crippen LogP contribution in [0.4, 0.5) is 0 Å². The van der Waals surface area contributed by atoms with Crippen molar-refractivity contribution in [3.05, 3.63) is 0 Å². The summed E-state index contributed by atoms with van der Waals surface area (Å²) in [6.45, 7) is 9.59. The number of rotatable bonds is 6. The van der Waals surface area contributed by atoms with E-state index < -0.39 is 11.4 Å². The van der Waals surface area contributed by atoms with Gasteiger partial charge >= 0.3 is 5.97 Å². The second kappa shape index (κ2) is 5.35. The molecule has 0 fully saturated rings. The Hall–Kier alpha value is -0.570. The molecule has 84 valence electrons. The van der Waals surface area contributed by atoms with E-state index in [1.807, 2.05) is 20.9 Å². The lowest BCUT2D eigenvalue weighted by atomic mass is 9.87.